The molecule has 1 N–H and O–H groups in total. The third kappa shape index (κ3) is 4.25. The van der Waals surface area contributed by atoms with Gasteiger partial charge in [0, 0.05) is 5.41 Å². The summed E-state index contributed by atoms with van der Waals surface area (Å²) in [5.41, 5.74) is 3.99. The monoisotopic (exact) mass is 448 g/mol. The van der Waals surface area contributed by atoms with Crippen molar-refractivity contribution in [3.63, 3.8) is 0 Å². The SMILES string of the molecule is C[C@]12CCC3c4ccc(OCc5ccccc5)cc4CCC3C1CC[C@@H]2OC(=O)CC(=O)O. The van der Waals surface area contributed by atoms with Crippen molar-refractivity contribution in [2.24, 2.45) is 17.3 Å². The summed E-state index contributed by atoms with van der Waals surface area (Å²) >= 11 is 0. The molecular formula is C28H32O5. The summed E-state index contributed by atoms with van der Waals surface area (Å²) in [6.07, 6.45) is 5.48. The maximum atomic E-state index is 12.0. The van der Waals surface area contributed by atoms with Crippen molar-refractivity contribution in [2.45, 2.75) is 70.5 Å². The van der Waals surface area contributed by atoms with Gasteiger partial charge in [-0.15, -0.1) is 0 Å². The van der Waals surface area contributed by atoms with Gasteiger partial charge in [-0.25, -0.2) is 0 Å². The van der Waals surface area contributed by atoms with Crippen molar-refractivity contribution in [3.05, 3.63) is 65.2 Å². The van der Waals surface area contributed by atoms with Crippen LogP contribution in [0, 0.1) is 17.3 Å². The highest BCUT2D eigenvalue weighted by Gasteiger charge is 2.56. The second-order valence-corrected chi connectivity index (χ2v) is 10.2. The number of carboxylic acids is 1. The number of carbonyl (C=O) groups is 2. The van der Waals surface area contributed by atoms with E-state index in [9.17, 15) is 9.59 Å². The molecule has 0 spiro atoms. The number of ether oxygens (including phenoxy) is 2. The molecule has 0 amide bonds. The van der Waals surface area contributed by atoms with E-state index in [0.717, 1.165) is 44.3 Å². The van der Waals surface area contributed by atoms with Crippen molar-refractivity contribution < 1.29 is 24.2 Å². The summed E-state index contributed by atoms with van der Waals surface area (Å²) in [5, 5.41) is 8.90. The number of rotatable bonds is 6. The van der Waals surface area contributed by atoms with E-state index in [1.165, 1.54) is 16.7 Å². The number of benzene rings is 2. The Morgan fingerprint density at radius 1 is 1.06 bits per heavy atom. The molecule has 0 heterocycles. The third-order valence-corrected chi connectivity index (χ3v) is 8.43. The molecule has 0 aromatic heterocycles. The lowest BCUT2D eigenvalue weighted by atomic mass is 9.55. The van der Waals surface area contributed by atoms with E-state index in [0.29, 0.717) is 24.4 Å². The van der Waals surface area contributed by atoms with Gasteiger partial charge in [0.2, 0.25) is 0 Å². The molecule has 2 fully saturated rings. The molecule has 5 nitrogen and oxygen atoms in total. The highest BCUT2D eigenvalue weighted by atomic mass is 16.5. The maximum absolute atomic E-state index is 12.0. The fraction of sp³-hybridized carbons (Fsp3) is 0.500. The van der Waals surface area contributed by atoms with E-state index >= 15 is 0 Å². The van der Waals surface area contributed by atoms with Crippen LogP contribution in [0.3, 0.4) is 0 Å². The van der Waals surface area contributed by atoms with Crippen LogP contribution in [0.5, 0.6) is 5.75 Å². The van der Waals surface area contributed by atoms with Gasteiger partial charge in [-0.3, -0.25) is 9.59 Å². The standard InChI is InChI=1S/C28H32O5/c1-28-14-13-22-21-10-8-20(32-17-18-5-3-2-4-6-18)15-19(21)7-9-23(22)24(28)11-12-25(28)33-27(31)16-26(29)30/h2-6,8,10,15,22-25H,7,9,11-14,16-17H2,1H3,(H,29,30)/t22?,23?,24?,25-,28-/m0/s1. The fourth-order valence-electron chi connectivity index (χ4n) is 6.86. The quantitative estimate of drug-likeness (QED) is 0.466. The van der Waals surface area contributed by atoms with E-state index < -0.39 is 18.4 Å². The number of esters is 1. The molecule has 3 unspecified atom stereocenters. The van der Waals surface area contributed by atoms with E-state index in [-0.39, 0.29) is 11.5 Å². The zero-order valence-electron chi connectivity index (χ0n) is 19.2. The van der Waals surface area contributed by atoms with Gasteiger partial charge in [-0.1, -0.05) is 43.3 Å². The number of hydrogen-bond acceptors (Lipinski definition) is 4. The molecule has 2 saturated carbocycles. The normalized spacial score (nSPS) is 30.0. The molecule has 174 valence electrons. The molecule has 3 aliphatic rings. The molecule has 33 heavy (non-hydrogen) atoms. The van der Waals surface area contributed by atoms with Crippen molar-refractivity contribution in [3.8, 4) is 5.75 Å². The fourth-order valence-corrected chi connectivity index (χ4v) is 6.86. The second kappa shape index (κ2) is 8.85. The Bertz CT molecular complexity index is 1030. The molecule has 5 atom stereocenters. The molecule has 3 aliphatic carbocycles. The minimum absolute atomic E-state index is 0.0500. The van der Waals surface area contributed by atoms with Crippen LogP contribution in [0.2, 0.25) is 0 Å². The van der Waals surface area contributed by atoms with E-state index in [1.54, 1.807) is 0 Å². The first-order valence-corrected chi connectivity index (χ1v) is 12.1. The van der Waals surface area contributed by atoms with Crippen LogP contribution in [-0.2, 0) is 27.4 Å². The second-order valence-electron chi connectivity index (χ2n) is 10.2. The summed E-state index contributed by atoms with van der Waals surface area (Å²) < 4.78 is 11.8. The van der Waals surface area contributed by atoms with Crippen molar-refractivity contribution >= 4 is 11.9 Å². The van der Waals surface area contributed by atoms with Crippen molar-refractivity contribution in [1.29, 1.82) is 0 Å². The molecule has 2 aromatic carbocycles. The molecule has 0 bridgehead atoms. The van der Waals surface area contributed by atoms with Gasteiger partial charge in [0.1, 0.15) is 24.9 Å². The zero-order chi connectivity index (χ0) is 23.0. The molecule has 5 heteroatoms. The molecule has 2 aromatic rings. The largest absolute Gasteiger partial charge is 0.489 e. The van der Waals surface area contributed by atoms with Gasteiger partial charge < -0.3 is 14.6 Å². The lowest BCUT2D eigenvalue weighted by molar-refractivity contribution is -0.161. The third-order valence-electron chi connectivity index (χ3n) is 8.43. The highest BCUT2D eigenvalue weighted by molar-refractivity contribution is 5.90. The number of hydrogen-bond donors (Lipinski definition) is 1. The molecule has 0 radical (unpaired) electrons. The van der Waals surface area contributed by atoms with Crippen LogP contribution in [0.1, 0.15) is 68.1 Å². The Balaban J connectivity index is 1.28. The van der Waals surface area contributed by atoms with Gasteiger partial charge >= 0.3 is 11.9 Å². The van der Waals surface area contributed by atoms with E-state index in [4.69, 9.17) is 14.6 Å². The summed E-state index contributed by atoms with van der Waals surface area (Å²) in [5.74, 6) is 0.857. The van der Waals surface area contributed by atoms with Crippen LogP contribution in [0.4, 0.5) is 0 Å². The maximum Gasteiger partial charge on any atom is 0.317 e. The Hall–Kier alpha value is -2.82. The summed E-state index contributed by atoms with van der Waals surface area (Å²) in [4.78, 5) is 22.9. The predicted octanol–water partition coefficient (Wildman–Crippen LogP) is 5.51. The Morgan fingerprint density at radius 2 is 1.88 bits per heavy atom. The lowest BCUT2D eigenvalue weighted by Gasteiger charge is -2.50. The van der Waals surface area contributed by atoms with Crippen molar-refractivity contribution in [1.82, 2.24) is 0 Å². The molecule has 5 rings (SSSR count). The number of carbonyl (C=O) groups excluding carboxylic acids is 1. The van der Waals surface area contributed by atoms with Crippen molar-refractivity contribution in [2.75, 3.05) is 0 Å². The number of carboxylic acid groups (broad SMARTS) is 1. The number of aryl methyl sites for hydroxylation is 1. The van der Waals surface area contributed by atoms with E-state index in [1.807, 2.05) is 18.2 Å². The zero-order valence-corrected chi connectivity index (χ0v) is 19.2. The van der Waals surface area contributed by atoms with Gasteiger partial charge in [-0.05, 0) is 85.1 Å². The van der Waals surface area contributed by atoms with Crippen LogP contribution in [0.15, 0.2) is 48.5 Å². The van der Waals surface area contributed by atoms with Crippen LogP contribution >= 0.6 is 0 Å². The average Bonchev–Trinajstić information content (AvgIpc) is 3.13. The van der Waals surface area contributed by atoms with Gasteiger partial charge in [-0.2, -0.15) is 0 Å². The Kier molecular flexibility index (Phi) is 5.90. The Labute approximate surface area is 195 Å². The first-order chi connectivity index (χ1) is 15.9. The summed E-state index contributed by atoms with van der Waals surface area (Å²) in [6.45, 7) is 2.84. The number of fused-ring (bicyclic) bond motifs is 5. The smallest absolute Gasteiger partial charge is 0.317 e. The van der Waals surface area contributed by atoms with Gasteiger partial charge in [0.25, 0.3) is 0 Å². The van der Waals surface area contributed by atoms with Crippen LogP contribution < -0.4 is 4.74 Å². The summed E-state index contributed by atoms with van der Waals surface area (Å²) in [6, 6.07) is 16.9. The predicted molar refractivity (Wildman–Crippen MR) is 124 cm³/mol. The molecular weight excluding hydrogens is 416 g/mol. The van der Waals surface area contributed by atoms with Crippen LogP contribution in [-0.4, -0.2) is 23.1 Å². The first-order valence-electron chi connectivity index (χ1n) is 12.1. The summed E-state index contributed by atoms with van der Waals surface area (Å²) in [7, 11) is 0. The number of aliphatic carboxylic acids is 1. The Morgan fingerprint density at radius 3 is 2.67 bits per heavy atom. The minimum atomic E-state index is -1.13. The highest BCUT2D eigenvalue weighted by Crippen LogP contribution is 2.61. The molecule has 0 saturated heterocycles. The van der Waals surface area contributed by atoms with Crippen LogP contribution in [0.25, 0.3) is 0 Å². The lowest BCUT2D eigenvalue weighted by Crippen LogP contribution is -2.45. The minimum Gasteiger partial charge on any atom is -0.489 e. The van der Waals surface area contributed by atoms with E-state index in [2.05, 4.69) is 37.3 Å². The molecule has 0 aliphatic heterocycles. The van der Waals surface area contributed by atoms with Gasteiger partial charge in [0.05, 0.1) is 0 Å². The first kappa shape index (κ1) is 22.0. The van der Waals surface area contributed by atoms with Gasteiger partial charge in [0.15, 0.2) is 0 Å². The average molecular weight is 449 g/mol. The topological polar surface area (TPSA) is 72.8 Å².